The Morgan fingerprint density at radius 3 is 2.60 bits per heavy atom. The molecule has 3 rings (SSSR count). The molecule has 1 aromatic heterocycles. The number of fused-ring (bicyclic) bond motifs is 1. The summed E-state index contributed by atoms with van der Waals surface area (Å²) in [6.07, 6.45) is 6.20. The highest BCUT2D eigenvalue weighted by Crippen LogP contribution is 2.60. The van der Waals surface area contributed by atoms with E-state index < -0.39 is 0 Å². The Balaban J connectivity index is 1.87. The number of nitrogens with zero attached hydrogens (tertiary/aromatic N) is 2. The van der Waals surface area contributed by atoms with Gasteiger partial charge in [0.15, 0.2) is 0 Å². The minimum absolute atomic E-state index is 0.407. The van der Waals surface area contributed by atoms with E-state index >= 15 is 0 Å². The van der Waals surface area contributed by atoms with E-state index in [4.69, 9.17) is 11.6 Å². The highest BCUT2D eigenvalue weighted by atomic mass is 35.5. The standard InChI is InChI=1S/C16H26ClN3/c1-4-13-15(17)14(20(5-2)19-13)9-16(10-18-3)7-11-6-12(11)8-16/h11-12,18H,4-10H2,1-3H3. The molecule has 2 aliphatic carbocycles. The van der Waals surface area contributed by atoms with Crippen LogP contribution in [-0.4, -0.2) is 23.4 Å². The van der Waals surface area contributed by atoms with E-state index in [0.29, 0.717) is 5.41 Å². The van der Waals surface area contributed by atoms with Gasteiger partial charge in [-0.05, 0) is 63.3 Å². The van der Waals surface area contributed by atoms with Gasteiger partial charge in [0.2, 0.25) is 0 Å². The minimum Gasteiger partial charge on any atom is -0.319 e. The fraction of sp³-hybridized carbons (Fsp3) is 0.812. The van der Waals surface area contributed by atoms with Gasteiger partial charge in [-0.25, -0.2) is 0 Å². The lowest BCUT2D eigenvalue weighted by Crippen LogP contribution is -2.34. The van der Waals surface area contributed by atoms with Gasteiger partial charge in [0.1, 0.15) is 0 Å². The Hall–Kier alpha value is -0.540. The summed E-state index contributed by atoms with van der Waals surface area (Å²) in [5, 5.41) is 9.01. The van der Waals surface area contributed by atoms with Crippen molar-refractivity contribution in [3.63, 3.8) is 0 Å². The van der Waals surface area contributed by atoms with Gasteiger partial charge in [0.05, 0.1) is 16.4 Å². The molecule has 0 radical (unpaired) electrons. The van der Waals surface area contributed by atoms with Gasteiger partial charge < -0.3 is 5.32 Å². The molecule has 0 aliphatic heterocycles. The first-order chi connectivity index (χ1) is 9.62. The fourth-order valence-corrected chi connectivity index (χ4v) is 4.61. The van der Waals surface area contributed by atoms with E-state index in [1.165, 1.54) is 25.0 Å². The molecule has 4 heteroatoms. The second-order valence-electron chi connectivity index (χ2n) is 6.75. The van der Waals surface area contributed by atoms with E-state index in [9.17, 15) is 0 Å². The van der Waals surface area contributed by atoms with Gasteiger partial charge in [0.25, 0.3) is 0 Å². The van der Waals surface area contributed by atoms with Crippen molar-refractivity contribution < 1.29 is 0 Å². The minimum atomic E-state index is 0.407. The molecular formula is C16H26ClN3. The molecule has 1 N–H and O–H groups in total. The van der Waals surface area contributed by atoms with Crippen molar-refractivity contribution in [2.75, 3.05) is 13.6 Å². The van der Waals surface area contributed by atoms with E-state index in [1.807, 2.05) is 0 Å². The van der Waals surface area contributed by atoms with Crippen LogP contribution in [0.15, 0.2) is 0 Å². The van der Waals surface area contributed by atoms with Crippen LogP contribution in [0.5, 0.6) is 0 Å². The zero-order valence-corrected chi connectivity index (χ0v) is 13.6. The topological polar surface area (TPSA) is 29.9 Å². The molecule has 2 atom stereocenters. The number of rotatable bonds is 6. The average Bonchev–Trinajstić information content (AvgIpc) is 2.93. The van der Waals surface area contributed by atoms with Crippen molar-refractivity contribution in [1.29, 1.82) is 0 Å². The Labute approximate surface area is 127 Å². The molecule has 0 saturated heterocycles. The smallest absolute Gasteiger partial charge is 0.0850 e. The number of halogens is 1. The Bertz CT molecular complexity index is 484. The lowest BCUT2D eigenvalue weighted by Gasteiger charge is -2.31. The monoisotopic (exact) mass is 295 g/mol. The van der Waals surface area contributed by atoms with Crippen LogP contribution in [-0.2, 0) is 19.4 Å². The zero-order chi connectivity index (χ0) is 14.3. The van der Waals surface area contributed by atoms with E-state index in [1.54, 1.807) is 0 Å². The summed E-state index contributed by atoms with van der Waals surface area (Å²) in [4.78, 5) is 0. The summed E-state index contributed by atoms with van der Waals surface area (Å²) >= 11 is 6.59. The molecule has 20 heavy (non-hydrogen) atoms. The lowest BCUT2D eigenvalue weighted by atomic mass is 9.78. The number of hydrogen-bond acceptors (Lipinski definition) is 2. The number of aryl methyl sites for hydroxylation is 2. The fourth-order valence-electron chi connectivity index (χ4n) is 4.27. The average molecular weight is 296 g/mol. The Morgan fingerprint density at radius 1 is 1.35 bits per heavy atom. The van der Waals surface area contributed by atoms with Gasteiger partial charge >= 0.3 is 0 Å². The van der Waals surface area contributed by atoms with E-state index in [-0.39, 0.29) is 0 Å². The summed E-state index contributed by atoms with van der Waals surface area (Å²) in [5.41, 5.74) is 2.73. The van der Waals surface area contributed by atoms with Gasteiger partial charge in [-0.15, -0.1) is 0 Å². The second-order valence-corrected chi connectivity index (χ2v) is 7.13. The van der Waals surface area contributed by atoms with Crippen molar-refractivity contribution in [3.8, 4) is 0 Å². The zero-order valence-electron chi connectivity index (χ0n) is 12.9. The third kappa shape index (κ3) is 2.39. The maximum atomic E-state index is 6.59. The molecule has 1 heterocycles. The molecule has 112 valence electrons. The lowest BCUT2D eigenvalue weighted by molar-refractivity contribution is 0.249. The van der Waals surface area contributed by atoms with Crippen molar-refractivity contribution in [3.05, 3.63) is 16.4 Å². The molecule has 0 spiro atoms. The first kappa shape index (κ1) is 14.4. The normalized spacial score (nSPS) is 31.6. The summed E-state index contributed by atoms with van der Waals surface area (Å²) in [6.45, 7) is 6.31. The van der Waals surface area contributed by atoms with Crippen LogP contribution in [0.25, 0.3) is 0 Å². The molecule has 1 aromatic rings. The first-order valence-electron chi connectivity index (χ1n) is 8.01. The molecule has 3 nitrogen and oxygen atoms in total. The Kier molecular flexibility index (Phi) is 3.85. The number of aromatic nitrogens is 2. The molecule has 2 saturated carbocycles. The quantitative estimate of drug-likeness (QED) is 0.873. The first-order valence-corrected chi connectivity index (χ1v) is 8.39. The van der Waals surface area contributed by atoms with Crippen LogP contribution in [0.4, 0.5) is 0 Å². The van der Waals surface area contributed by atoms with Gasteiger partial charge in [-0.2, -0.15) is 5.10 Å². The second kappa shape index (κ2) is 5.34. The molecule has 2 aliphatic rings. The van der Waals surface area contributed by atoms with Crippen molar-refractivity contribution in [2.45, 2.75) is 52.5 Å². The van der Waals surface area contributed by atoms with Crippen LogP contribution in [0.2, 0.25) is 5.02 Å². The van der Waals surface area contributed by atoms with Crippen molar-refractivity contribution in [2.24, 2.45) is 17.3 Å². The van der Waals surface area contributed by atoms with Gasteiger partial charge in [-0.1, -0.05) is 18.5 Å². The summed E-state index contributed by atoms with van der Waals surface area (Å²) in [7, 11) is 2.07. The predicted octanol–water partition coefficient (Wildman–Crippen LogP) is 3.30. The van der Waals surface area contributed by atoms with Crippen molar-refractivity contribution >= 4 is 11.6 Å². The van der Waals surface area contributed by atoms with Crippen molar-refractivity contribution in [1.82, 2.24) is 15.1 Å². The molecule has 0 amide bonds. The molecule has 2 unspecified atom stereocenters. The summed E-state index contributed by atoms with van der Waals surface area (Å²) in [6, 6.07) is 0. The van der Waals surface area contributed by atoms with Crippen LogP contribution in [0, 0.1) is 17.3 Å². The maximum Gasteiger partial charge on any atom is 0.0850 e. The highest BCUT2D eigenvalue weighted by Gasteiger charge is 2.53. The van der Waals surface area contributed by atoms with Crippen LogP contribution in [0.1, 0.15) is 44.5 Å². The molecule has 0 aromatic carbocycles. The molecular weight excluding hydrogens is 270 g/mol. The summed E-state index contributed by atoms with van der Waals surface area (Å²) in [5.74, 6) is 1.98. The predicted molar refractivity (Wildman–Crippen MR) is 83.2 cm³/mol. The molecule has 2 fully saturated rings. The number of nitrogens with one attached hydrogen (secondary N) is 1. The SMILES string of the molecule is CCc1nn(CC)c(CC2(CNC)CC3CC3C2)c1Cl. The van der Waals surface area contributed by atoms with Crippen LogP contribution >= 0.6 is 11.6 Å². The van der Waals surface area contributed by atoms with Crippen LogP contribution in [0.3, 0.4) is 0 Å². The maximum absolute atomic E-state index is 6.59. The largest absolute Gasteiger partial charge is 0.319 e. The van der Waals surface area contributed by atoms with Gasteiger partial charge in [-0.3, -0.25) is 4.68 Å². The summed E-state index contributed by atoms with van der Waals surface area (Å²) < 4.78 is 2.13. The molecule has 0 bridgehead atoms. The third-order valence-electron chi connectivity index (χ3n) is 5.25. The van der Waals surface area contributed by atoms with E-state index in [0.717, 1.165) is 48.5 Å². The number of hydrogen-bond donors (Lipinski definition) is 1. The Morgan fingerprint density at radius 2 is 2.05 bits per heavy atom. The van der Waals surface area contributed by atoms with E-state index in [2.05, 4.69) is 36.0 Å². The van der Waals surface area contributed by atoms with Crippen LogP contribution < -0.4 is 5.32 Å². The van der Waals surface area contributed by atoms with Gasteiger partial charge in [0, 0.05) is 13.1 Å². The highest BCUT2D eigenvalue weighted by molar-refractivity contribution is 6.31. The third-order valence-corrected chi connectivity index (χ3v) is 5.68.